The van der Waals surface area contributed by atoms with Crippen molar-refractivity contribution in [1.29, 1.82) is 0 Å². The molecule has 0 bridgehead atoms. The van der Waals surface area contributed by atoms with Crippen molar-refractivity contribution in [3.63, 3.8) is 0 Å². The van der Waals surface area contributed by atoms with Crippen LogP contribution in [0.1, 0.15) is 19.4 Å². The van der Waals surface area contributed by atoms with Gasteiger partial charge in [-0.15, -0.1) is 0 Å². The van der Waals surface area contributed by atoms with Gasteiger partial charge >= 0.3 is 0 Å². The van der Waals surface area contributed by atoms with Crippen molar-refractivity contribution in [3.05, 3.63) is 29.8 Å². The summed E-state index contributed by atoms with van der Waals surface area (Å²) in [7, 11) is 1.70. The normalized spacial score (nSPS) is 10.9. The first kappa shape index (κ1) is 15.0. The Bertz CT molecular complexity index is 309. The van der Waals surface area contributed by atoms with Gasteiger partial charge in [0.05, 0.1) is 7.11 Å². The highest BCUT2D eigenvalue weighted by Gasteiger charge is 1.95. The van der Waals surface area contributed by atoms with Crippen molar-refractivity contribution < 1.29 is 4.74 Å². The van der Waals surface area contributed by atoms with Crippen molar-refractivity contribution in [1.82, 2.24) is 10.6 Å². The molecule has 1 aromatic carbocycles. The molecule has 1 rings (SSSR count). The van der Waals surface area contributed by atoms with Crippen molar-refractivity contribution in [3.8, 4) is 5.75 Å². The van der Waals surface area contributed by atoms with Crippen LogP contribution in [0, 0.1) is 5.92 Å². The molecule has 0 radical (unpaired) electrons. The van der Waals surface area contributed by atoms with Gasteiger partial charge in [0.25, 0.3) is 0 Å². The minimum atomic E-state index is 0.726. The Labute approximate surface area is 111 Å². The standard InChI is InChI=1S/C15H26N2O/c1-13(2)12-17-11-10-16-9-8-14-4-6-15(18-3)7-5-14/h4-7,13,16-17H,8-12H2,1-3H3. The third-order valence-electron chi connectivity index (χ3n) is 2.78. The molecule has 0 heterocycles. The Kier molecular flexibility index (Phi) is 7.46. The van der Waals surface area contributed by atoms with Crippen molar-refractivity contribution in [2.24, 2.45) is 5.92 Å². The molecular formula is C15H26N2O. The zero-order chi connectivity index (χ0) is 13.2. The number of nitrogens with one attached hydrogen (secondary N) is 2. The first-order chi connectivity index (χ1) is 8.72. The average Bonchev–Trinajstić information content (AvgIpc) is 2.38. The van der Waals surface area contributed by atoms with E-state index in [-0.39, 0.29) is 0 Å². The number of methoxy groups -OCH3 is 1. The van der Waals surface area contributed by atoms with Crippen LogP contribution in [-0.4, -0.2) is 33.3 Å². The highest BCUT2D eigenvalue weighted by atomic mass is 16.5. The summed E-state index contributed by atoms with van der Waals surface area (Å²) in [6, 6.07) is 8.27. The van der Waals surface area contributed by atoms with Crippen LogP contribution in [0.2, 0.25) is 0 Å². The monoisotopic (exact) mass is 250 g/mol. The summed E-state index contributed by atoms with van der Waals surface area (Å²) in [5, 5.41) is 6.86. The lowest BCUT2D eigenvalue weighted by molar-refractivity contribution is 0.414. The molecule has 2 N–H and O–H groups in total. The van der Waals surface area contributed by atoms with E-state index in [0.29, 0.717) is 0 Å². The molecule has 0 saturated carbocycles. The molecule has 0 aromatic heterocycles. The molecule has 0 amide bonds. The van der Waals surface area contributed by atoms with Crippen LogP contribution >= 0.6 is 0 Å². The number of ether oxygens (including phenoxy) is 1. The molecule has 3 heteroatoms. The Hall–Kier alpha value is -1.06. The predicted octanol–water partition coefficient (Wildman–Crippen LogP) is 2.07. The van der Waals surface area contributed by atoms with Gasteiger partial charge in [-0.2, -0.15) is 0 Å². The van der Waals surface area contributed by atoms with E-state index in [9.17, 15) is 0 Å². The predicted molar refractivity (Wildman–Crippen MR) is 77.3 cm³/mol. The summed E-state index contributed by atoms with van der Waals surface area (Å²) in [6.45, 7) is 8.65. The lowest BCUT2D eigenvalue weighted by Crippen LogP contribution is -2.30. The van der Waals surface area contributed by atoms with Crippen LogP contribution in [0.4, 0.5) is 0 Å². The quantitative estimate of drug-likeness (QED) is 0.658. The van der Waals surface area contributed by atoms with E-state index in [1.807, 2.05) is 12.1 Å². The van der Waals surface area contributed by atoms with Crippen molar-refractivity contribution >= 4 is 0 Å². The van der Waals surface area contributed by atoms with Crippen molar-refractivity contribution in [2.75, 3.05) is 33.3 Å². The highest BCUT2D eigenvalue weighted by Crippen LogP contribution is 2.11. The first-order valence-electron chi connectivity index (χ1n) is 6.76. The highest BCUT2D eigenvalue weighted by molar-refractivity contribution is 5.27. The Morgan fingerprint density at radius 2 is 1.67 bits per heavy atom. The van der Waals surface area contributed by atoms with Crippen LogP contribution in [0.3, 0.4) is 0 Å². The van der Waals surface area contributed by atoms with E-state index >= 15 is 0 Å². The van der Waals surface area contributed by atoms with Gasteiger partial charge in [0.2, 0.25) is 0 Å². The minimum absolute atomic E-state index is 0.726. The SMILES string of the molecule is COc1ccc(CCNCCNCC(C)C)cc1. The molecule has 3 nitrogen and oxygen atoms in total. The summed E-state index contributed by atoms with van der Waals surface area (Å²) < 4.78 is 5.13. The third kappa shape index (κ3) is 6.62. The van der Waals surface area contributed by atoms with Gasteiger partial charge < -0.3 is 15.4 Å². The molecule has 0 aliphatic heterocycles. The topological polar surface area (TPSA) is 33.3 Å². The second-order valence-corrected chi connectivity index (χ2v) is 4.95. The summed E-state index contributed by atoms with van der Waals surface area (Å²) in [5.41, 5.74) is 1.35. The van der Waals surface area contributed by atoms with Gasteiger partial charge in [0.15, 0.2) is 0 Å². The van der Waals surface area contributed by atoms with Crippen LogP contribution < -0.4 is 15.4 Å². The Morgan fingerprint density at radius 1 is 1.00 bits per heavy atom. The summed E-state index contributed by atoms with van der Waals surface area (Å²) in [5.74, 6) is 1.65. The van der Waals surface area contributed by atoms with Gasteiger partial charge in [-0.25, -0.2) is 0 Å². The second-order valence-electron chi connectivity index (χ2n) is 4.95. The van der Waals surface area contributed by atoms with Crippen LogP contribution in [0.5, 0.6) is 5.75 Å². The number of rotatable bonds is 9. The van der Waals surface area contributed by atoms with E-state index < -0.39 is 0 Å². The van der Waals surface area contributed by atoms with E-state index in [0.717, 1.165) is 44.3 Å². The minimum Gasteiger partial charge on any atom is -0.497 e. The van der Waals surface area contributed by atoms with Crippen LogP contribution in [0.25, 0.3) is 0 Å². The van der Waals surface area contributed by atoms with E-state index in [2.05, 4.69) is 36.6 Å². The lowest BCUT2D eigenvalue weighted by atomic mass is 10.1. The van der Waals surface area contributed by atoms with Crippen LogP contribution in [-0.2, 0) is 6.42 Å². The summed E-state index contributed by atoms with van der Waals surface area (Å²) >= 11 is 0. The molecule has 0 aliphatic rings. The fourth-order valence-corrected chi connectivity index (χ4v) is 1.72. The largest absolute Gasteiger partial charge is 0.497 e. The maximum absolute atomic E-state index is 5.13. The third-order valence-corrected chi connectivity index (χ3v) is 2.78. The van der Waals surface area contributed by atoms with E-state index in [1.54, 1.807) is 7.11 Å². The van der Waals surface area contributed by atoms with Gasteiger partial charge in [-0.3, -0.25) is 0 Å². The van der Waals surface area contributed by atoms with Gasteiger partial charge in [0, 0.05) is 13.1 Å². The molecule has 0 unspecified atom stereocenters. The second kappa shape index (κ2) is 8.95. The smallest absolute Gasteiger partial charge is 0.118 e. The van der Waals surface area contributed by atoms with Gasteiger partial charge in [-0.05, 0) is 43.1 Å². The first-order valence-corrected chi connectivity index (χ1v) is 6.76. The van der Waals surface area contributed by atoms with Gasteiger partial charge in [-0.1, -0.05) is 26.0 Å². The van der Waals surface area contributed by atoms with Crippen molar-refractivity contribution in [2.45, 2.75) is 20.3 Å². The zero-order valence-corrected chi connectivity index (χ0v) is 11.8. The molecule has 0 fully saturated rings. The molecular weight excluding hydrogens is 224 g/mol. The fourth-order valence-electron chi connectivity index (χ4n) is 1.72. The maximum Gasteiger partial charge on any atom is 0.118 e. The molecule has 1 aromatic rings. The maximum atomic E-state index is 5.13. The molecule has 0 aliphatic carbocycles. The van der Waals surface area contributed by atoms with Crippen LogP contribution in [0.15, 0.2) is 24.3 Å². The number of benzene rings is 1. The molecule has 0 atom stereocenters. The fraction of sp³-hybridized carbons (Fsp3) is 0.600. The number of hydrogen-bond acceptors (Lipinski definition) is 3. The molecule has 18 heavy (non-hydrogen) atoms. The Balaban J connectivity index is 2.03. The molecule has 102 valence electrons. The average molecular weight is 250 g/mol. The van der Waals surface area contributed by atoms with Gasteiger partial charge in [0.1, 0.15) is 5.75 Å². The number of hydrogen-bond donors (Lipinski definition) is 2. The molecule has 0 saturated heterocycles. The van der Waals surface area contributed by atoms with E-state index in [4.69, 9.17) is 4.74 Å². The summed E-state index contributed by atoms with van der Waals surface area (Å²) in [4.78, 5) is 0. The Morgan fingerprint density at radius 3 is 2.28 bits per heavy atom. The summed E-state index contributed by atoms with van der Waals surface area (Å²) in [6.07, 6.45) is 1.06. The molecule has 0 spiro atoms. The zero-order valence-electron chi connectivity index (χ0n) is 11.8. The lowest BCUT2D eigenvalue weighted by Gasteiger charge is -2.08. The van der Waals surface area contributed by atoms with E-state index in [1.165, 1.54) is 5.56 Å².